The van der Waals surface area contributed by atoms with Gasteiger partial charge in [0.05, 0.1) is 0 Å². The number of hydrogen-bond donors (Lipinski definition) is 1. The van der Waals surface area contributed by atoms with E-state index in [2.05, 4.69) is 39.5 Å². The molecule has 1 spiro atoms. The van der Waals surface area contributed by atoms with Crippen molar-refractivity contribution in [2.24, 2.45) is 4.99 Å². The Morgan fingerprint density at radius 3 is 2.58 bits per heavy atom. The molecule has 0 unspecified atom stereocenters. The van der Waals surface area contributed by atoms with Crippen LogP contribution in [-0.4, -0.2) is 41.6 Å². The number of carbonyl (C=O) groups is 1. The van der Waals surface area contributed by atoms with Gasteiger partial charge in [-0.25, -0.2) is 0 Å². The molecule has 0 aromatic heterocycles. The first-order valence-corrected chi connectivity index (χ1v) is 9.08. The molecule has 2 fully saturated rings. The number of amides is 1. The van der Waals surface area contributed by atoms with Gasteiger partial charge in [0.2, 0.25) is 0 Å². The Hall–Kier alpha value is -1.88. The SMILES string of the molecule is O=C1N=C(NC2CCCC2)OC12CCN(Cc1ccccc1)CC2. The summed E-state index contributed by atoms with van der Waals surface area (Å²) in [6.45, 7) is 2.67. The predicted octanol–water partition coefficient (Wildman–Crippen LogP) is 2.47. The highest BCUT2D eigenvalue weighted by atomic mass is 16.5. The summed E-state index contributed by atoms with van der Waals surface area (Å²) in [6, 6.07) is 11.4. The van der Waals surface area contributed by atoms with Crippen molar-refractivity contribution in [1.82, 2.24) is 10.2 Å². The lowest BCUT2D eigenvalue weighted by atomic mass is 9.90. The fraction of sp³-hybridized carbons (Fsp3) is 0.579. The van der Waals surface area contributed by atoms with Crippen molar-refractivity contribution in [3.63, 3.8) is 0 Å². The molecule has 0 atom stereocenters. The van der Waals surface area contributed by atoms with Crippen LogP contribution in [0.25, 0.3) is 0 Å². The molecule has 2 heterocycles. The number of aliphatic imine (C=N–C) groups is 1. The summed E-state index contributed by atoms with van der Waals surface area (Å²) >= 11 is 0. The molecule has 24 heavy (non-hydrogen) atoms. The van der Waals surface area contributed by atoms with Gasteiger partial charge in [0.25, 0.3) is 11.9 Å². The van der Waals surface area contributed by atoms with Gasteiger partial charge in [-0.3, -0.25) is 9.69 Å². The maximum atomic E-state index is 12.4. The second kappa shape index (κ2) is 6.55. The van der Waals surface area contributed by atoms with Crippen LogP contribution in [0.5, 0.6) is 0 Å². The summed E-state index contributed by atoms with van der Waals surface area (Å²) < 4.78 is 6.03. The third-order valence-electron chi connectivity index (χ3n) is 5.48. The van der Waals surface area contributed by atoms with Crippen molar-refractivity contribution < 1.29 is 9.53 Å². The highest BCUT2D eigenvalue weighted by Crippen LogP contribution is 2.32. The second-order valence-electron chi connectivity index (χ2n) is 7.21. The van der Waals surface area contributed by atoms with Gasteiger partial charge >= 0.3 is 0 Å². The lowest BCUT2D eigenvalue weighted by molar-refractivity contribution is -0.135. The van der Waals surface area contributed by atoms with Crippen molar-refractivity contribution in [2.45, 2.75) is 56.7 Å². The van der Waals surface area contributed by atoms with Crippen LogP contribution in [-0.2, 0) is 16.1 Å². The lowest BCUT2D eigenvalue weighted by Gasteiger charge is -2.36. The van der Waals surface area contributed by atoms with Gasteiger partial charge in [-0.05, 0) is 18.4 Å². The molecule has 1 aromatic carbocycles. The third kappa shape index (κ3) is 3.18. The van der Waals surface area contributed by atoms with Gasteiger partial charge in [0, 0.05) is 38.5 Å². The van der Waals surface area contributed by atoms with Gasteiger partial charge in [0.15, 0.2) is 5.60 Å². The van der Waals surface area contributed by atoms with Crippen LogP contribution in [0.3, 0.4) is 0 Å². The van der Waals surface area contributed by atoms with E-state index in [4.69, 9.17) is 4.74 Å². The zero-order chi connectivity index (χ0) is 16.4. The Kier molecular flexibility index (Phi) is 4.27. The topological polar surface area (TPSA) is 53.9 Å². The first kappa shape index (κ1) is 15.6. The summed E-state index contributed by atoms with van der Waals surface area (Å²) in [5.74, 6) is -0.0950. The lowest BCUT2D eigenvalue weighted by Crippen LogP contribution is -2.49. The summed E-state index contributed by atoms with van der Waals surface area (Å²) in [6.07, 6.45) is 6.23. The van der Waals surface area contributed by atoms with Crippen molar-refractivity contribution >= 4 is 11.9 Å². The average Bonchev–Trinajstić information content (AvgIpc) is 3.20. The quantitative estimate of drug-likeness (QED) is 0.926. The molecular weight excluding hydrogens is 302 g/mol. The molecule has 5 nitrogen and oxygen atoms in total. The van der Waals surface area contributed by atoms with E-state index in [0.717, 1.165) is 45.3 Å². The van der Waals surface area contributed by atoms with Crippen LogP contribution in [0.4, 0.5) is 0 Å². The van der Waals surface area contributed by atoms with Crippen LogP contribution in [0.2, 0.25) is 0 Å². The van der Waals surface area contributed by atoms with Crippen LogP contribution in [0.15, 0.2) is 35.3 Å². The molecule has 3 aliphatic rings. The molecule has 1 saturated heterocycles. The van der Waals surface area contributed by atoms with Gasteiger partial charge in [-0.15, -0.1) is 0 Å². The molecule has 128 valence electrons. The molecule has 2 aliphatic heterocycles. The number of nitrogens with one attached hydrogen (secondary N) is 1. The minimum Gasteiger partial charge on any atom is -0.448 e. The fourth-order valence-electron chi connectivity index (χ4n) is 3.98. The first-order chi connectivity index (χ1) is 11.7. The van der Waals surface area contributed by atoms with E-state index in [-0.39, 0.29) is 5.91 Å². The number of amidine groups is 1. The number of rotatable bonds is 3. The minimum absolute atomic E-state index is 0.0950. The smallest absolute Gasteiger partial charge is 0.294 e. The van der Waals surface area contributed by atoms with E-state index < -0.39 is 5.60 Å². The van der Waals surface area contributed by atoms with Gasteiger partial charge in [-0.2, -0.15) is 4.99 Å². The van der Waals surface area contributed by atoms with Gasteiger partial charge < -0.3 is 10.1 Å². The average molecular weight is 327 g/mol. The summed E-state index contributed by atoms with van der Waals surface area (Å²) in [5.41, 5.74) is 0.598. The number of nitrogens with zero attached hydrogens (tertiary/aromatic N) is 2. The van der Waals surface area contributed by atoms with Crippen molar-refractivity contribution in [1.29, 1.82) is 0 Å². The largest absolute Gasteiger partial charge is 0.448 e. The molecule has 1 N–H and O–H groups in total. The monoisotopic (exact) mass is 327 g/mol. The Labute approximate surface area is 143 Å². The molecule has 1 saturated carbocycles. The maximum absolute atomic E-state index is 12.4. The Morgan fingerprint density at radius 1 is 1.17 bits per heavy atom. The van der Waals surface area contributed by atoms with Crippen LogP contribution >= 0.6 is 0 Å². The third-order valence-corrected chi connectivity index (χ3v) is 5.48. The molecule has 0 radical (unpaired) electrons. The number of likely N-dealkylation sites (tertiary alicyclic amines) is 1. The number of carbonyl (C=O) groups excluding carboxylic acids is 1. The molecule has 5 heteroatoms. The zero-order valence-corrected chi connectivity index (χ0v) is 14.0. The van der Waals surface area contributed by atoms with Crippen LogP contribution < -0.4 is 5.32 Å². The normalized spacial score (nSPS) is 24.2. The van der Waals surface area contributed by atoms with E-state index in [1.54, 1.807) is 0 Å². The highest BCUT2D eigenvalue weighted by Gasteiger charge is 2.48. The summed E-state index contributed by atoms with van der Waals surface area (Å²) in [7, 11) is 0. The number of hydrogen-bond acceptors (Lipinski definition) is 4. The molecule has 1 aliphatic carbocycles. The van der Waals surface area contributed by atoms with Crippen molar-refractivity contribution in [3.8, 4) is 0 Å². The minimum atomic E-state index is -0.714. The van der Waals surface area contributed by atoms with E-state index in [0.29, 0.717) is 12.1 Å². The Morgan fingerprint density at radius 2 is 1.88 bits per heavy atom. The fourth-order valence-corrected chi connectivity index (χ4v) is 3.98. The Balaban J connectivity index is 1.32. The van der Waals surface area contributed by atoms with E-state index in [1.807, 2.05) is 6.07 Å². The molecule has 1 aromatic rings. The number of piperidine rings is 1. The molecule has 4 rings (SSSR count). The highest BCUT2D eigenvalue weighted by molar-refractivity contribution is 6.01. The van der Waals surface area contributed by atoms with E-state index in [9.17, 15) is 4.79 Å². The van der Waals surface area contributed by atoms with Gasteiger partial charge in [-0.1, -0.05) is 43.2 Å². The zero-order valence-electron chi connectivity index (χ0n) is 14.0. The maximum Gasteiger partial charge on any atom is 0.294 e. The predicted molar refractivity (Wildman–Crippen MR) is 92.6 cm³/mol. The molecule has 1 amide bonds. The molecular formula is C19H25N3O2. The standard InChI is InChI=1S/C19H25N3O2/c23-17-19(24-18(21-17)20-16-8-4-5-9-16)10-12-22(13-11-19)14-15-6-2-1-3-7-15/h1-3,6-7,16H,4-5,8-14H2,(H,20,21,23). The second-order valence-corrected chi connectivity index (χ2v) is 7.21. The number of benzene rings is 1. The van der Waals surface area contributed by atoms with Crippen LogP contribution in [0.1, 0.15) is 44.1 Å². The van der Waals surface area contributed by atoms with E-state index in [1.165, 1.54) is 18.4 Å². The number of ether oxygens (including phenoxy) is 1. The first-order valence-electron chi connectivity index (χ1n) is 9.08. The van der Waals surface area contributed by atoms with E-state index >= 15 is 0 Å². The molecule has 0 bridgehead atoms. The van der Waals surface area contributed by atoms with Crippen LogP contribution in [0, 0.1) is 0 Å². The van der Waals surface area contributed by atoms with Crippen molar-refractivity contribution in [3.05, 3.63) is 35.9 Å². The Bertz CT molecular complexity index is 615. The van der Waals surface area contributed by atoms with Crippen molar-refractivity contribution in [2.75, 3.05) is 13.1 Å². The summed E-state index contributed by atoms with van der Waals surface area (Å²) in [4.78, 5) is 19.0. The van der Waals surface area contributed by atoms with Gasteiger partial charge in [0.1, 0.15) is 0 Å². The summed E-state index contributed by atoms with van der Waals surface area (Å²) in [5, 5.41) is 3.32.